The molecule has 0 fully saturated rings. The maximum absolute atomic E-state index is 12.8. The van der Waals surface area contributed by atoms with Crippen LogP contribution >= 0.6 is 0 Å². The van der Waals surface area contributed by atoms with E-state index in [1.54, 1.807) is 18.2 Å². The van der Waals surface area contributed by atoms with Crippen LogP contribution in [0.1, 0.15) is 36.8 Å². The van der Waals surface area contributed by atoms with Gasteiger partial charge in [-0.15, -0.1) is 0 Å². The van der Waals surface area contributed by atoms with Gasteiger partial charge < -0.3 is 4.42 Å². The molecule has 6 nitrogen and oxygen atoms in total. The molecule has 0 amide bonds. The first-order chi connectivity index (χ1) is 11.4. The van der Waals surface area contributed by atoms with Crippen LogP contribution in [0.3, 0.4) is 0 Å². The van der Waals surface area contributed by atoms with E-state index in [2.05, 4.69) is 23.7 Å². The SMILES string of the molecule is CCN(CC)Cc1nc2c(o1)CN(S(=O)(=O)c1cccc(C)c1)C2. The zero-order chi connectivity index (χ0) is 17.3. The Morgan fingerprint density at radius 3 is 2.62 bits per heavy atom. The molecule has 1 aliphatic heterocycles. The second kappa shape index (κ2) is 6.66. The van der Waals surface area contributed by atoms with Crippen molar-refractivity contribution in [1.82, 2.24) is 14.2 Å². The number of rotatable bonds is 6. The summed E-state index contributed by atoms with van der Waals surface area (Å²) >= 11 is 0. The van der Waals surface area contributed by atoms with E-state index in [-0.39, 0.29) is 13.1 Å². The molecular weight excluding hydrogens is 326 g/mol. The first-order valence-corrected chi connectivity index (χ1v) is 9.64. The summed E-state index contributed by atoms with van der Waals surface area (Å²) in [6.45, 7) is 9.10. The maximum Gasteiger partial charge on any atom is 0.243 e. The van der Waals surface area contributed by atoms with Crippen LogP contribution in [0.5, 0.6) is 0 Å². The quantitative estimate of drug-likeness (QED) is 0.802. The largest absolute Gasteiger partial charge is 0.443 e. The van der Waals surface area contributed by atoms with Gasteiger partial charge in [-0.1, -0.05) is 26.0 Å². The molecule has 1 aromatic heterocycles. The van der Waals surface area contributed by atoms with Gasteiger partial charge in [-0.2, -0.15) is 4.31 Å². The third kappa shape index (κ3) is 3.24. The van der Waals surface area contributed by atoms with Gasteiger partial charge in [-0.05, 0) is 37.7 Å². The molecule has 2 heterocycles. The van der Waals surface area contributed by atoms with Crippen LogP contribution in [0.15, 0.2) is 33.6 Å². The maximum atomic E-state index is 12.8. The van der Waals surface area contributed by atoms with Gasteiger partial charge in [0.15, 0.2) is 0 Å². The molecule has 0 atom stereocenters. The third-order valence-electron chi connectivity index (χ3n) is 4.35. The number of benzene rings is 1. The summed E-state index contributed by atoms with van der Waals surface area (Å²) in [4.78, 5) is 7.01. The van der Waals surface area contributed by atoms with Gasteiger partial charge in [0.05, 0.1) is 30.2 Å². The Bertz CT molecular complexity index is 802. The fourth-order valence-corrected chi connectivity index (χ4v) is 4.33. The molecule has 3 rings (SSSR count). The summed E-state index contributed by atoms with van der Waals surface area (Å²) in [5, 5.41) is 0. The van der Waals surface area contributed by atoms with Crippen LogP contribution in [0.2, 0.25) is 0 Å². The summed E-state index contributed by atoms with van der Waals surface area (Å²) in [7, 11) is -3.52. The minimum atomic E-state index is -3.52. The van der Waals surface area contributed by atoms with Crippen molar-refractivity contribution in [2.45, 2.75) is 45.3 Å². The zero-order valence-corrected chi connectivity index (χ0v) is 15.1. The van der Waals surface area contributed by atoms with Crippen LogP contribution in [-0.4, -0.2) is 35.7 Å². The third-order valence-corrected chi connectivity index (χ3v) is 6.14. The lowest BCUT2D eigenvalue weighted by Crippen LogP contribution is -2.26. The Morgan fingerprint density at radius 2 is 2.00 bits per heavy atom. The number of nitrogens with zero attached hydrogens (tertiary/aromatic N) is 3. The van der Waals surface area contributed by atoms with E-state index in [0.717, 1.165) is 24.3 Å². The van der Waals surface area contributed by atoms with Crippen molar-refractivity contribution >= 4 is 10.0 Å². The van der Waals surface area contributed by atoms with Crippen molar-refractivity contribution in [1.29, 1.82) is 0 Å². The average Bonchev–Trinajstić information content (AvgIpc) is 3.11. The topological polar surface area (TPSA) is 66.7 Å². The molecule has 2 aromatic rings. The average molecular weight is 349 g/mol. The second-order valence-corrected chi connectivity index (χ2v) is 7.97. The summed E-state index contributed by atoms with van der Waals surface area (Å²) in [5.74, 6) is 1.32. The molecule has 0 saturated heterocycles. The van der Waals surface area contributed by atoms with E-state index in [1.165, 1.54) is 4.31 Å². The van der Waals surface area contributed by atoms with Crippen molar-refractivity contribution in [3.05, 3.63) is 47.2 Å². The van der Waals surface area contributed by atoms with Crippen LogP contribution < -0.4 is 0 Å². The van der Waals surface area contributed by atoms with E-state index in [1.807, 2.05) is 13.0 Å². The lowest BCUT2D eigenvalue weighted by molar-refractivity contribution is 0.256. The monoisotopic (exact) mass is 349 g/mol. The zero-order valence-electron chi connectivity index (χ0n) is 14.3. The van der Waals surface area contributed by atoms with Gasteiger partial charge >= 0.3 is 0 Å². The minimum absolute atomic E-state index is 0.247. The molecule has 24 heavy (non-hydrogen) atoms. The fourth-order valence-electron chi connectivity index (χ4n) is 2.87. The second-order valence-electron chi connectivity index (χ2n) is 6.03. The predicted molar refractivity (Wildman–Crippen MR) is 90.7 cm³/mol. The Labute approximate surface area is 143 Å². The first-order valence-electron chi connectivity index (χ1n) is 8.20. The normalized spacial score (nSPS) is 15.2. The Balaban J connectivity index is 1.76. The van der Waals surface area contributed by atoms with Gasteiger partial charge in [0.1, 0.15) is 5.76 Å². The number of aryl methyl sites for hydroxylation is 1. The summed E-state index contributed by atoms with van der Waals surface area (Å²) in [5.41, 5.74) is 1.65. The van der Waals surface area contributed by atoms with Gasteiger partial charge in [-0.3, -0.25) is 4.90 Å². The van der Waals surface area contributed by atoms with E-state index in [4.69, 9.17) is 4.42 Å². The van der Waals surface area contributed by atoms with E-state index in [9.17, 15) is 8.42 Å². The number of hydrogen-bond donors (Lipinski definition) is 0. The molecule has 1 aliphatic rings. The summed E-state index contributed by atoms with van der Waals surface area (Å²) < 4.78 is 32.7. The first kappa shape index (κ1) is 17.1. The molecule has 0 spiro atoms. The van der Waals surface area contributed by atoms with Crippen molar-refractivity contribution in [2.24, 2.45) is 0 Å². The highest BCUT2D eigenvalue weighted by Crippen LogP contribution is 2.29. The molecule has 0 bridgehead atoms. The summed E-state index contributed by atoms with van der Waals surface area (Å²) in [6.07, 6.45) is 0. The van der Waals surface area contributed by atoms with E-state index >= 15 is 0 Å². The number of hydrogen-bond acceptors (Lipinski definition) is 5. The lowest BCUT2D eigenvalue weighted by Gasteiger charge is -2.17. The van der Waals surface area contributed by atoms with Gasteiger partial charge in [0.2, 0.25) is 15.9 Å². The molecule has 0 unspecified atom stereocenters. The molecule has 0 saturated carbocycles. The Hall–Kier alpha value is -1.70. The van der Waals surface area contributed by atoms with Crippen LogP contribution in [0, 0.1) is 6.92 Å². The lowest BCUT2D eigenvalue weighted by atomic mass is 10.2. The molecule has 130 valence electrons. The van der Waals surface area contributed by atoms with Crippen molar-refractivity contribution in [2.75, 3.05) is 13.1 Å². The van der Waals surface area contributed by atoms with Crippen LogP contribution in [-0.2, 0) is 29.7 Å². The van der Waals surface area contributed by atoms with Crippen LogP contribution in [0.25, 0.3) is 0 Å². The number of oxazole rings is 1. The smallest absolute Gasteiger partial charge is 0.243 e. The number of sulfonamides is 1. The predicted octanol–water partition coefficient (Wildman–Crippen LogP) is 2.53. The number of fused-ring (bicyclic) bond motifs is 1. The van der Waals surface area contributed by atoms with Crippen molar-refractivity contribution < 1.29 is 12.8 Å². The van der Waals surface area contributed by atoms with Gasteiger partial charge in [-0.25, -0.2) is 13.4 Å². The minimum Gasteiger partial charge on any atom is -0.443 e. The highest BCUT2D eigenvalue weighted by Gasteiger charge is 2.34. The standard InChI is InChI=1S/C17H23N3O3S/c1-4-19(5-2)12-17-18-15-10-20(11-16(15)23-17)24(21,22)14-8-6-7-13(3)9-14/h6-9H,4-5,10-12H2,1-3H3. The Kier molecular flexibility index (Phi) is 4.76. The highest BCUT2D eigenvalue weighted by atomic mass is 32.2. The number of aromatic nitrogens is 1. The highest BCUT2D eigenvalue weighted by molar-refractivity contribution is 7.89. The molecule has 0 aliphatic carbocycles. The molecular formula is C17H23N3O3S. The van der Waals surface area contributed by atoms with Crippen LogP contribution in [0.4, 0.5) is 0 Å². The van der Waals surface area contributed by atoms with Gasteiger partial charge in [0, 0.05) is 0 Å². The Morgan fingerprint density at radius 1 is 1.25 bits per heavy atom. The molecule has 0 N–H and O–H groups in total. The molecule has 1 aromatic carbocycles. The van der Waals surface area contributed by atoms with Gasteiger partial charge in [0.25, 0.3) is 0 Å². The van der Waals surface area contributed by atoms with E-state index in [0.29, 0.717) is 23.1 Å². The fraction of sp³-hybridized carbons (Fsp3) is 0.471. The van der Waals surface area contributed by atoms with Crippen molar-refractivity contribution in [3.63, 3.8) is 0 Å². The van der Waals surface area contributed by atoms with E-state index < -0.39 is 10.0 Å². The molecule has 7 heteroatoms. The molecule has 0 radical (unpaired) electrons. The van der Waals surface area contributed by atoms with Crippen molar-refractivity contribution in [3.8, 4) is 0 Å². The summed E-state index contributed by atoms with van der Waals surface area (Å²) in [6, 6.07) is 6.96.